The van der Waals surface area contributed by atoms with Gasteiger partial charge >= 0.3 is 0 Å². The lowest BCUT2D eigenvalue weighted by atomic mass is 10.2. The van der Waals surface area contributed by atoms with E-state index in [1.807, 2.05) is 25.1 Å². The molecule has 0 aliphatic rings. The molecular formula is C20H28N4O4S. The van der Waals surface area contributed by atoms with Crippen LogP contribution in [0.15, 0.2) is 52.4 Å². The molecule has 0 spiro atoms. The number of guanidine groups is 1. The Balaban J connectivity index is 2.04. The number of benzene rings is 2. The number of hydrogen-bond acceptors (Lipinski definition) is 5. The summed E-state index contributed by atoms with van der Waals surface area (Å²) in [6, 6.07) is 12.4. The molecule has 0 heterocycles. The van der Waals surface area contributed by atoms with Gasteiger partial charge in [-0.1, -0.05) is 18.2 Å². The Labute approximate surface area is 172 Å². The van der Waals surface area contributed by atoms with Crippen molar-refractivity contribution in [3.63, 3.8) is 0 Å². The van der Waals surface area contributed by atoms with Gasteiger partial charge in [0.15, 0.2) is 17.5 Å². The summed E-state index contributed by atoms with van der Waals surface area (Å²) in [6.07, 6.45) is 0. The van der Waals surface area contributed by atoms with Gasteiger partial charge in [0.05, 0.1) is 25.7 Å². The highest BCUT2D eigenvalue weighted by atomic mass is 32.2. The van der Waals surface area contributed by atoms with Gasteiger partial charge in [0.2, 0.25) is 10.0 Å². The van der Waals surface area contributed by atoms with Gasteiger partial charge in [-0.05, 0) is 49.4 Å². The first-order valence-electron chi connectivity index (χ1n) is 9.19. The lowest BCUT2D eigenvalue weighted by Crippen LogP contribution is -2.36. The second-order valence-corrected chi connectivity index (χ2v) is 7.98. The predicted octanol–water partition coefficient (Wildman–Crippen LogP) is 1.87. The van der Waals surface area contributed by atoms with Crippen LogP contribution in [0.4, 0.5) is 0 Å². The van der Waals surface area contributed by atoms with Gasteiger partial charge in [0.1, 0.15) is 0 Å². The molecule has 0 saturated carbocycles. The molecule has 0 aliphatic carbocycles. The van der Waals surface area contributed by atoms with Crippen molar-refractivity contribution in [3.8, 4) is 11.5 Å². The quantitative estimate of drug-likeness (QED) is 0.423. The Bertz CT molecular complexity index is 928. The zero-order chi connectivity index (χ0) is 21.3. The molecule has 0 atom stereocenters. The number of methoxy groups -OCH3 is 2. The Kier molecular flexibility index (Phi) is 8.29. The summed E-state index contributed by atoms with van der Waals surface area (Å²) in [7, 11) is 1.16. The molecule has 2 rings (SSSR count). The third kappa shape index (κ3) is 6.37. The van der Waals surface area contributed by atoms with Crippen LogP contribution in [0, 0.1) is 0 Å². The zero-order valence-electron chi connectivity index (χ0n) is 17.2. The molecule has 158 valence electrons. The molecule has 2 aromatic carbocycles. The van der Waals surface area contributed by atoms with E-state index in [9.17, 15) is 8.42 Å². The highest BCUT2D eigenvalue weighted by Crippen LogP contribution is 2.27. The minimum Gasteiger partial charge on any atom is -0.493 e. The molecule has 0 bridgehead atoms. The maximum Gasteiger partial charge on any atom is 0.240 e. The van der Waals surface area contributed by atoms with E-state index in [0.29, 0.717) is 30.5 Å². The van der Waals surface area contributed by atoms with Gasteiger partial charge < -0.3 is 20.1 Å². The summed E-state index contributed by atoms with van der Waals surface area (Å²) in [4.78, 5) is 4.83. The third-order valence-corrected chi connectivity index (χ3v) is 5.60. The maximum absolute atomic E-state index is 11.8. The fraction of sp³-hybridized carbons (Fsp3) is 0.350. The summed E-state index contributed by atoms with van der Waals surface area (Å²) in [5.41, 5.74) is 1.93. The molecule has 8 nitrogen and oxygen atoms in total. The van der Waals surface area contributed by atoms with Crippen molar-refractivity contribution in [3.05, 3.63) is 53.6 Å². The van der Waals surface area contributed by atoms with Gasteiger partial charge in [0.25, 0.3) is 0 Å². The van der Waals surface area contributed by atoms with E-state index in [1.54, 1.807) is 38.5 Å². The molecule has 0 saturated heterocycles. The number of sulfonamides is 1. The van der Waals surface area contributed by atoms with Gasteiger partial charge in [-0.15, -0.1) is 0 Å². The number of rotatable bonds is 9. The van der Waals surface area contributed by atoms with Gasteiger partial charge in [-0.2, -0.15) is 0 Å². The molecule has 0 fully saturated rings. The third-order valence-electron chi connectivity index (χ3n) is 4.17. The number of hydrogen-bond donors (Lipinski definition) is 3. The van der Waals surface area contributed by atoms with E-state index in [1.165, 1.54) is 7.05 Å². The van der Waals surface area contributed by atoms with Crippen LogP contribution in [0.2, 0.25) is 0 Å². The van der Waals surface area contributed by atoms with E-state index >= 15 is 0 Å². The van der Waals surface area contributed by atoms with Crippen molar-refractivity contribution in [1.29, 1.82) is 0 Å². The van der Waals surface area contributed by atoms with Crippen molar-refractivity contribution >= 4 is 16.0 Å². The van der Waals surface area contributed by atoms with Gasteiger partial charge in [0, 0.05) is 13.1 Å². The second kappa shape index (κ2) is 10.7. The Morgan fingerprint density at radius 3 is 2.21 bits per heavy atom. The molecular weight excluding hydrogens is 392 g/mol. The van der Waals surface area contributed by atoms with Crippen molar-refractivity contribution in [2.75, 3.05) is 27.8 Å². The van der Waals surface area contributed by atoms with Gasteiger partial charge in [-0.25, -0.2) is 18.1 Å². The summed E-state index contributed by atoms with van der Waals surface area (Å²) >= 11 is 0. The maximum atomic E-state index is 11.8. The molecule has 0 aliphatic heterocycles. The lowest BCUT2D eigenvalue weighted by molar-refractivity contribution is 0.354. The second-order valence-electron chi connectivity index (χ2n) is 6.09. The monoisotopic (exact) mass is 420 g/mol. The van der Waals surface area contributed by atoms with E-state index in [2.05, 4.69) is 20.3 Å². The normalized spacial score (nSPS) is 11.8. The molecule has 0 radical (unpaired) electrons. The van der Waals surface area contributed by atoms with Crippen LogP contribution in [-0.4, -0.2) is 42.2 Å². The summed E-state index contributed by atoms with van der Waals surface area (Å²) < 4.78 is 36.5. The Hall–Kier alpha value is -2.78. The van der Waals surface area contributed by atoms with Crippen LogP contribution in [0.3, 0.4) is 0 Å². The highest BCUT2D eigenvalue weighted by Gasteiger charge is 2.10. The SMILES string of the molecule is CCNC(=NCc1ccc(OC)c(OC)c1)NCc1ccc(S(=O)(=O)NC)cc1. The lowest BCUT2D eigenvalue weighted by Gasteiger charge is -2.12. The molecule has 0 unspecified atom stereocenters. The topological polar surface area (TPSA) is 101 Å². The number of nitrogens with zero attached hydrogens (tertiary/aromatic N) is 1. The Morgan fingerprint density at radius 1 is 0.966 bits per heavy atom. The van der Waals surface area contributed by atoms with Crippen LogP contribution in [0.25, 0.3) is 0 Å². The zero-order valence-corrected chi connectivity index (χ0v) is 18.0. The highest BCUT2D eigenvalue weighted by molar-refractivity contribution is 7.89. The van der Waals surface area contributed by atoms with E-state index in [0.717, 1.165) is 17.7 Å². The average Bonchev–Trinajstić information content (AvgIpc) is 2.75. The molecule has 2 aromatic rings. The van der Waals surface area contributed by atoms with E-state index < -0.39 is 10.0 Å². The molecule has 0 amide bonds. The Morgan fingerprint density at radius 2 is 1.62 bits per heavy atom. The minimum atomic E-state index is -3.43. The first-order chi connectivity index (χ1) is 13.9. The van der Waals surface area contributed by atoms with Crippen LogP contribution < -0.4 is 24.8 Å². The van der Waals surface area contributed by atoms with Crippen molar-refractivity contribution in [2.24, 2.45) is 4.99 Å². The molecule has 3 N–H and O–H groups in total. The minimum absolute atomic E-state index is 0.234. The van der Waals surface area contributed by atoms with E-state index in [4.69, 9.17) is 9.47 Å². The first kappa shape index (κ1) is 22.5. The van der Waals surface area contributed by atoms with Crippen LogP contribution >= 0.6 is 0 Å². The molecule has 0 aromatic heterocycles. The van der Waals surface area contributed by atoms with Crippen LogP contribution in [0.1, 0.15) is 18.1 Å². The molecule has 29 heavy (non-hydrogen) atoms. The largest absolute Gasteiger partial charge is 0.493 e. The summed E-state index contributed by atoms with van der Waals surface area (Å²) in [6.45, 7) is 3.69. The van der Waals surface area contributed by atoms with Crippen molar-refractivity contribution in [2.45, 2.75) is 24.9 Å². The van der Waals surface area contributed by atoms with Crippen molar-refractivity contribution in [1.82, 2.24) is 15.4 Å². The smallest absolute Gasteiger partial charge is 0.240 e. The number of aliphatic imine (C=N–C) groups is 1. The fourth-order valence-corrected chi connectivity index (χ4v) is 3.31. The standard InChI is InChI=1S/C20H28N4O4S/c1-5-22-20(24-14-16-8-11-18(27-3)19(12-16)28-4)23-13-15-6-9-17(10-7-15)29(25,26)21-2/h6-12,21H,5,13-14H2,1-4H3,(H2,22,23,24). The summed E-state index contributed by atoms with van der Waals surface area (Å²) in [5.74, 6) is 2.00. The fourth-order valence-electron chi connectivity index (χ4n) is 2.58. The van der Waals surface area contributed by atoms with Gasteiger partial charge in [-0.3, -0.25) is 0 Å². The van der Waals surface area contributed by atoms with Crippen LogP contribution in [0.5, 0.6) is 11.5 Å². The average molecular weight is 421 g/mol. The molecule has 9 heteroatoms. The number of nitrogens with one attached hydrogen (secondary N) is 3. The van der Waals surface area contributed by atoms with Crippen molar-refractivity contribution < 1.29 is 17.9 Å². The number of ether oxygens (including phenoxy) is 2. The predicted molar refractivity (Wildman–Crippen MR) is 114 cm³/mol. The van der Waals surface area contributed by atoms with Crippen LogP contribution in [-0.2, 0) is 23.1 Å². The first-order valence-corrected chi connectivity index (χ1v) is 10.7. The summed E-state index contributed by atoms with van der Waals surface area (Å²) in [5, 5.41) is 6.44. The van der Waals surface area contributed by atoms with E-state index in [-0.39, 0.29) is 4.90 Å².